The van der Waals surface area contributed by atoms with E-state index < -0.39 is 6.04 Å². The summed E-state index contributed by atoms with van der Waals surface area (Å²) in [4.78, 5) is 23.1. The van der Waals surface area contributed by atoms with Crippen LogP contribution in [0, 0.1) is 6.92 Å². The molecule has 2 rings (SSSR count). The maximum Gasteiger partial charge on any atom is 0.243 e. The van der Waals surface area contributed by atoms with Crippen LogP contribution in [0.3, 0.4) is 0 Å². The highest BCUT2D eigenvalue weighted by atomic mass is 79.9. The van der Waals surface area contributed by atoms with Gasteiger partial charge in [-0.3, -0.25) is 14.9 Å². The molecule has 19 heavy (non-hydrogen) atoms. The third-order valence-electron chi connectivity index (χ3n) is 2.76. The van der Waals surface area contributed by atoms with Gasteiger partial charge in [-0.15, -0.1) is 0 Å². The van der Waals surface area contributed by atoms with Gasteiger partial charge in [-0.2, -0.15) is 0 Å². The topological polar surface area (TPSA) is 70.2 Å². The summed E-state index contributed by atoms with van der Waals surface area (Å²) in [6.45, 7) is 2.43. The van der Waals surface area contributed by atoms with Gasteiger partial charge in [0.1, 0.15) is 6.04 Å². The van der Waals surface area contributed by atoms with E-state index in [0.29, 0.717) is 12.2 Å². The quantitative estimate of drug-likeness (QED) is 0.717. The van der Waals surface area contributed by atoms with Gasteiger partial charge in [-0.1, -0.05) is 0 Å². The fourth-order valence-corrected chi connectivity index (χ4v) is 3.40. The van der Waals surface area contributed by atoms with Gasteiger partial charge < -0.3 is 10.6 Å². The first-order chi connectivity index (χ1) is 8.97. The van der Waals surface area contributed by atoms with Crippen molar-refractivity contribution in [1.82, 2.24) is 10.6 Å². The first kappa shape index (κ1) is 14.5. The Morgan fingerprint density at radius 3 is 2.53 bits per heavy atom. The van der Waals surface area contributed by atoms with E-state index in [2.05, 4.69) is 47.8 Å². The number of amides is 2. The number of halogens is 2. The molecule has 1 fully saturated rings. The summed E-state index contributed by atoms with van der Waals surface area (Å²) in [6, 6.07) is 3.44. The molecule has 1 aromatic rings. The molecular weight excluding hydrogens is 378 g/mol. The molecule has 1 atom stereocenters. The minimum Gasteiger partial charge on any atom is -0.353 e. The van der Waals surface area contributed by atoms with Crippen LogP contribution in [0.1, 0.15) is 5.56 Å². The largest absolute Gasteiger partial charge is 0.353 e. The predicted molar refractivity (Wildman–Crippen MR) is 80.0 cm³/mol. The first-order valence-corrected chi connectivity index (χ1v) is 7.32. The SMILES string of the molecule is Cc1cc(Br)c(NC(=O)C2CNC(=O)CN2)c(Br)c1. The number of hydrogen-bond donors (Lipinski definition) is 3. The number of aryl methyl sites for hydroxylation is 1. The lowest BCUT2D eigenvalue weighted by molar-refractivity contribution is -0.124. The molecule has 0 aliphatic carbocycles. The first-order valence-electron chi connectivity index (χ1n) is 5.74. The van der Waals surface area contributed by atoms with Crippen molar-refractivity contribution in [3.05, 3.63) is 26.6 Å². The van der Waals surface area contributed by atoms with Crippen molar-refractivity contribution in [2.45, 2.75) is 13.0 Å². The van der Waals surface area contributed by atoms with Gasteiger partial charge >= 0.3 is 0 Å². The van der Waals surface area contributed by atoms with E-state index in [0.717, 1.165) is 14.5 Å². The van der Waals surface area contributed by atoms with Crippen LogP contribution in [0.4, 0.5) is 5.69 Å². The van der Waals surface area contributed by atoms with Crippen molar-refractivity contribution in [1.29, 1.82) is 0 Å². The normalized spacial score (nSPS) is 18.9. The van der Waals surface area contributed by atoms with Crippen LogP contribution in [-0.2, 0) is 9.59 Å². The minimum absolute atomic E-state index is 0.0956. The number of piperazine rings is 1. The molecule has 3 N–H and O–H groups in total. The molecule has 1 saturated heterocycles. The van der Waals surface area contributed by atoms with E-state index in [1.165, 1.54) is 0 Å². The molecular formula is C12H13Br2N3O2. The highest BCUT2D eigenvalue weighted by Crippen LogP contribution is 2.32. The lowest BCUT2D eigenvalue weighted by atomic mass is 10.2. The fraction of sp³-hybridized carbons (Fsp3) is 0.333. The predicted octanol–water partition coefficient (Wildman–Crippen LogP) is 1.55. The monoisotopic (exact) mass is 389 g/mol. The summed E-state index contributed by atoms with van der Waals surface area (Å²) >= 11 is 6.85. The Kier molecular flexibility index (Phi) is 4.59. The number of rotatable bonds is 2. The molecule has 1 aliphatic heterocycles. The van der Waals surface area contributed by atoms with Crippen LogP contribution in [0.25, 0.3) is 0 Å². The zero-order chi connectivity index (χ0) is 14.0. The summed E-state index contributed by atoms with van der Waals surface area (Å²) < 4.78 is 1.63. The van der Waals surface area contributed by atoms with Crippen LogP contribution in [0.5, 0.6) is 0 Å². The molecule has 1 heterocycles. The van der Waals surface area contributed by atoms with Gasteiger partial charge in [0.25, 0.3) is 0 Å². The molecule has 5 nitrogen and oxygen atoms in total. The molecule has 102 valence electrons. The number of benzene rings is 1. The maximum atomic E-state index is 12.1. The van der Waals surface area contributed by atoms with E-state index in [1.54, 1.807) is 0 Å². The summed E-state index contributed by atoms with van der Waals surface area (Å²) in [7, 11) is 0. The average molecular weight is 391 g/mol. The summed E-state index contributed by atoms with van der Waals surface area (Å²) in [5.74, 6) is -0.271. The van der Waals surface area contributed by atoms with Crippen molar-refractivity contribution in [2.75, 3.05) is 18.4 Å². The molecule has 7 heteroatoms. The van der Waals surface area contributed by atoms with Crippen molar-refractivity contribution < 1.29 is 9.59 Å². The lowest BCUT2D eigenvalue weighted by Gasteiger charge is -2.23. The van der Waals surface area contributed by atoms with E-state index >= 15 is 0 Å². The standard InChI is InChI=1S/C12H13Br2N3O2/c1-6-2-7(13)11(8(14)3-6)17-12(19)9-4-16-10(18)5-15-9/h2-3,9,15H,4-5H2,1H3,(H,16,18)(H,17,19). The minimum atomic E-state index is -0.419. The molecule has 0 saturated carbocycles. The Balaban J connectivity index is 2.09. The van der Waals surface area contributed by atoms with Crippen molar-refractivity contribution >= 4 is 49.4 Å². The number of anilines is 1. The van der Waals surface area contributed by atoms with Gasteiger partial charge in [0.15, 0.2) is 0 Å². The van der Waals surface area contributed by atoms with Crippen molar-refractivity contribution in [3.63, 3.8) is 0 Å². The third-order valence-corrected chi connectivity index (χ3v) is 4.01. The number of nitrogens with one attached hydrogen (secondary N) is 3. The second-order valence-corrected chi connectivity index (χ2v) is 6.04. The van der Waals surface area contributed by atoms with Crippen LogP contribution in [0.15, 0.2) is 21.1 Å². The Bertz CT molecular complexity index is 501. The van der Waals surface area contributed by atoms with Gasteiger partial charge in [0, 0.05) is 15.5 Å². The zero-order valence-electron chi connectivity index (χ0n) is 10.2. The van der Waals surface area contributed by atoms with Gasteiger partial charge in [0.2, 0.25) is 11.8 Å². The summed E-state index contributed by atoms with van der Waals surface area (Å²) in [5.41, 5.74) is 1.77. The van der Waals surface area contributed by atoms with Gasteiger partial charge in [-0.25, -0.2) is 0 Å². The third kappa shape index (κ3) is 3.55. The molecule has 2 amide bonds. The van der Waals surface area contributed by atoms with Crippen molar-refractivity contribution in [3.8, 4) is 0 Å². The van der Waals surface area contributed by atoms with Crippen LogP contribution in [0.2, 0.25) is 0 Å². The summed E-state index contributed by atoms with van der Waals surface area (Å²) in [6.07, 6.45) is 0. The molecule has 0 bridgehead atoms. The second kappa shape index (κ2) is 6.02. The Hall–Kier alpha value is -0.920. The van der Waals surface area contributed by atoms with E-state index in [-0.39, 0.29) is 18.4 Å². The smallest absolute Gasteiger partial charge is 0.243 e. The maximum absolute atomic E-state index is 12.1. The summed E-state index contributed by atoms with van der Waals surface area (Å²) in [5, 5.41) is 8.38. The lowest BCUT2D eigenvalue weighted by Crippen LogP contribution is -2.56. The second-order valence-electron chi connectivity index (χ2n) is 4.33. The van der Waals surface area contributed by atoms with Gasteiger partial charge in [0.05, 0.1) is 12.2 Å². The van der Waals surface area contributed by atoms with Crippen LogP contribution < -0.4 is 16.0 Å². The molecule has 1 unspecified atom stereocenters. The zero-order valence-corrected chi connectivity index (χ0v) is 13.4. The number of carbonyl (C=O) groups excluding carboxylic acids is 2. The molecule has 0 aromatic heterocycles. The van der Waals surface area contributed by atoms with Crippen LogP contribution in [-0.4, -0.2) is 30.9 Å². The van der Waals surface area contributed by atoms with Gasteiger partial charge in [-0.05, 0) is 56.5 Å². The average Bonchev–Trinajstić information content (AvgIpc) is 2.34. The van der Waals surface area contributed by atoms with Crippen LogP contribution >= 0.6 is 31.9 Å². The Labute approximate surface area is 127 Å². The van der Waals surface area contributed by atoms with E-state index in [9.17, 15) is 9.59 Å². The Morgan fingerprint density at radius 2 is 2.00 bits per heavy atom. The molecule has 1 aromatic carbocycles. The molecule has 1 aliphatic rings. The Morgan fingerprint density at radius 1 is 1.37 bits per heavy atom. The number of hydrogen-bond acceptors (Lipinski definition) is 3. The highest BCUT2D eigenvalue weighted by molar-refractivity contribution is 9.11. The van der Waals surface area contributed by atoms with E-state index in [1.807, 2.05) is 19.1 Å². The fourth-order valence-electron chi connectivity index (χ4n) is 1.78. The number of carbonyl (C=O) groups is 2. The molecule has 0 radical (unpaired) electrons. The van der Waals surface area contributed by atoms with E-state index in [4.69, 9.17) is 0 Å². The highest BCUT2D eigenvalue weighted by Gasteiger charge is 2.24. The molecule has 0 spiro atoms. The van der Waals surface area contributed by atoms with Crippen molar-refractivity contribution in [2.24, 2.45) is 0 Å².